The van der Waals surface area contributed by atoms with E-state index in [4.69, 9.17) is 4.74 Å². The van der Waals surface area contributed by atoms with E-state index in [1.54, 1.807) is 0 Å². The molecule has 110 valence electrons. The molecular weight excluding hydrogens is 240 g/mol. The monoisotopic (exact) mass is 268 g/mol. The maximum atomic E-state index is 12.1. The molecule has 2 aliphatic heterocycles. The quantitative estimate of drug-likeness (QED) is 0.796. The average molecular weight is 268 g/mol. The van der Waals surface area contributed by atoms with Crippen LogP contribution in [0.4, 0.5) is 0 Å². The molecule has 4 heteroatoms. The topological polar surface area (TPSA) is 41.6 Å². The molecule has 19 heavy (non-hydrogen) atoms. The molecule has 0 aromatic heterocycles. The van der Waals surface area contributed by atoms with Crippen molar-refractivity contribution in [3.63, 3.8) is 0 Å². The van der Waals surface area contributed by atoms with Crippen LogP contribution < -0.4 is 5.32 Å². The molecule has 0 saturated carbocycles. The predicted molar refractivity (Wildman–Crippen MR) is 76.0 cm³/mol. The third-order valence-corrected chi connectivity index (χ3v) is 4.46. The summed E-state index contributed by atoms with van der Waals surface area (Å²) < 4.78 is 5.36. The summed E-state index contributed by atoms with van der Waals surface area (Å²) in [6.07, 6.45) is 6.51. The Morgan fingerprint density at radius 2 is 2.05 bits per heavy atom. The summed E-state index contributed by atoms with van der Waals surface area (Å²) in [6, 6.07) is 0. The molecule has 2 fully saturated rings. The van der Waals surface area contributed by atoms with Crippen molar-refractivity contribution in [2.24, 2.45) is 11.8 Å². The second-order valence-electron chi connectivity index (χ2n) is 6.08. The third kappa shape index (κ3) is 5.11. The predicted octanol–water partition coefficient (Wildman–Crippen LogP) is 1.65. The molecule has 0 aliphatic carbocycles. The van der Waals surface area contributed by atoms with Crippen molar-refractivity contribution in [1.82, 2.24) is 10.2 Å². The maximum absolute atomic E-state index is 12.1. The number of rotatable bonds is 6. The van der Waals surface area contributed by atoms with E-state index in [0.717, 1.165) is 45.2 Å². The zero-order chi connectivity index (χ0) is 13.5. The Balaban J connectivity index is 1.57. The molecule has 1 atom stereocenters. The lowest BCUT2D eigenvalue weighted by molar-refractivity contribution is -0.130. The summed E-state index contributed by atoms with van der Waals surface area (Å²) in [5.41, 5.74) is 0. The highest BCUT2D eigenvalue weighted by Crippen LogP contribution is 2.21. The third-order valence-electron chi connectivity index (χ3n) is 4.46. The van der Waals surface area contributed by atoms with Crippen LogP contribution in [-0.2, 0) is 9.53 Å². The number of amides is 1. The molecule has 1 N–H and O–H groups in total. The SMILES string of the molecule is CN(CC1CCNC1)C(=O)CCCC1CCOCC1. The Kier molecular flexibility index (Phi) is 6.11. The minimum atomic E-state index is 0.318. The fourth-order valence-corrected chi connectivity index (χ4v) is 3.13. The molecule has 0 aromatic rings. The highest BCUT2D eigenvalue weighted by atomic mass is 16.5. The molecule has 0 radical (unpaired) electrons. The van der Waals surface area contributed by atoms with E-state index < -0.39 is 0 Å². The number of ether oxygens (including phenoxy) is 1. The number of carbonyl (C=O) groups is 1. The van der Waals surface area contributed by atoms with E-state index in [-0.39, 0.29) is 0 Å². The molecular formula is C15H28N2O2. The van der Waals surface area contributed by atoms with Gasteiger partial charge in [0.15, 0.2) is 0 Å². The molecule has 0 aromatic carbocycles. The fraction of sp³-hybridized carbons (Fsp3) is 0.933. The molecule has 1 unspecified atom stereocenters. The molecule has 0 spiro atoms. The lowest BCUT2D eigenvalue weighted by atomic mass is 9.94. The van der Waals surface area contributed by atoms with Gasteiger partial charge < -0.3 is 15.0 Å². The lowest BCUT2D eigenvalue weighted by Gasteiger charge is -2.23. The van der Waals surface area contributed by atoms with Crippen LogP contribution in [0.5, 0.6) is 0 Å². The molecule has 4 nitrogen and oxygen atoms in total. The number of carbonyl (C=O) groups excluding carboxylic acids is 1. The molecule has 2 heterocycles. The number of hydrogen-bond acceptors (Lipinski definition) is 3. The molecule has 0 bridgehead atoms. The van der Waals surface area contributed by atoms with Crippen LogP contribution in [0.2, 0.25) is 0 Å². The highest BCUT2D eigenvalue weighted by molar-refractivity contribution is 5.75. The van der Waals surface area contributed by atoms with Crippen LogP contribution in [0, 0.1) is 11.8 Å². The Bertz CT molecular complexity index is 271. The van der Waals surface area contributed by atoms with Gasteiger partial charge in [0, 0.05) is 33.2 Å². The van der Waals surface area contributed by atoms with Crippen LogP contribution in [0.25, 0.3) is 0 Å². The van der Waals surface area contributed by atoms with Crippen LogP contribution in [0.15, 0.2) is 0 Å². The van der Waals surface area contributed by atoms with Gasteiger partial charge in [0.05, 0.1) is 0 Å². The number of nitrogens with one attached hydrogen (secondary N) is 1. The zero-order valence-corrected chi connectivity index (χ0v) is 12.2. The van der Waals surface area contributed by atoms with Gasteiger partial charge in [-0.15, -0.1) is 0 Å². The largest absolute Gasteiger partial charge is 0.381 e. The summed E-state index contributed by atoms with van der Waals surface area (Å²) in [5, 5.41) is 3.35. The first-order valence-electron chi connectivity index (χ1n) is 7.78. The van der Waals surface area contributed by atoms with Gasteiger partial charge in [0.2, 0.25) is 5.91 Å². The first kappa shape index (κ1) is 14.8. The lowest BCUT2D eigenvalue weighted by Crippen LogP contribution is -2.32. The van der Waals surface area contributed by atoms with Gasteiger partial charge in [-0.1, -0.05) is 0 Å². The Morgan fingerprint density at radius 3 is 2.74 bits per heavy atom. The number of hydrogen-bond donors (Lipinski definition) is 1. The Labute approximate surface area is 116 Å². The first-order valence-corrected chi connectivity index (χ1v) is 7.78. The van der Waals surface area contributed by atoms with Crippen molar-refractivity contribution in [3.05, 3.63) is 0 Å². The molecule has 2 rings (SSSR count). The maximum Gasteiger partial charge on any atom is 0.222 e. The highest BCUT2D eigenvalue weighted by Gasteiger charge is 2.19. The van der Waals surface area contributed by atoms with Crippen molar-refractivity contribution in [2.75, 3.05) is 39.9 Å². The molecule has 2 saturated heterocycles. The van der Waals surface area contributed by atoms with Crippen LogP contribution in [0.3, 0.4) is 0 Å². The van der Waals surface area contributed by atoms with Crippen LogP contribution in [-0.4, -0.2) is 50.7 Å². The molecule has 1 amide bonds. The van der Waals surface area contributed by atoms with Crippen LogP contribution >= 0.6 is 0 Å². The second kappa shape index (κ2) is 7.85. The first-order chi connectivity index (χ1) is 9.25. The minimum Gasteiger partial charge on any atom is -0.381 e. The van der Waals surface area contributed by atoms with E-state index in [9.17, 15) is 4.79 Å². The summed E-state index contributed by atoms with van der Waals surface area (Å²) in [5.74, 6) is 1.76. The van der Waals surface area contributed by atoms with Crippen molar-refractivity contribution in [3.8, 4) is 0 Å². The smallest absolute Gasteiger partial charge is 0.222 e. The van der Waals surface area contributed by atoms with Gasteiger partial charge in [-0.25, -0.2) is 0 Å². The standard InChI is InChI=1S/C15H28N2O2/c1-17(12-14-5-8-16-11-14)15(18)4-2-3-13-6-9-19-10-7-13/h13-14,16H,2-12H2,1H3. The van der Waals surface area contributed by atoms with Crippen molar-refractivity contribution in [1.29, 1.82) is 0 Å². The average Bonchev–Trinajstić information content (AvgIpc) is 2.92. The summed E-state index contributed by atoms with van der Waals surface area (Å²) >= 11 is 0. The van der Waals surface area contributed by atoms with Gasteiger partial charge in [-0.05, 0) is 57.0 Å². The van der Waals surface area contributed by atoms with Crippen LogP contribution in [0.1, 0.15) is 38.5 Å². The van der Waals surface area contributed by atoms with Gasteiger partial charge in [0.1, 0.15) is 0 Å². The number of nitrogens with zero attached hydrogens (tertiary/aromatic N) is 1. The Hall–Kier alpha value is -0.610. The van der Waals surface area contributed by atoms with Gasteiger partial charge >= 0.3 is 0 Å². The van der Waals surface area contributed by atoms with E-state index in [1.165, 1.54) is 25.7 Å². The Morgan fingerprint density at radius 1 is 1.26 bits per heavy atom. The van der Waals surface area contributed by atoms with Crippen molar-refractivity contribution < 1.29 is 9.53 Å². The van der Waals surface area contributed by atoms with E-state index >= 15 is 0 Å². The van der Waals surface area contributed by atoms with Crippen molar-refractivity contribution in [2.45, 2.75) is 38.5 Å². The normalized spacial score (nSPS) is 24.6. The van der Waals surface area contributed by atoms with E-state index in [0.29, 0.717) is 18.2 Å². The van der Waals surface area contributed by atoms with Gasteiger partial charge in [-0.2, -0.15) is 0 Å². The second-order valence-corrected chi connectivity index (χ2v) is 6.08. The van der Waals surface area contributed by atoms with Gasteiger partial charge in [-0.3, -0.25) is 4.79 Å². The van der Waals surface area contributed by atoms with E-state index in [2.05, 4.69) is 5.32 Å². The summed E-state index contributed by atoms with van der Waals surface area (Å²) in [7, 11) is 1.95. The minimum absolute atomic E-state index is 0.318. The fourth-order valence-electron chi connectivity index (χ4n) is 3.13. The molecule has 2 aliphatic rings. The zero-order valence-electron chi connectivity index (χ0n) is 12.2. The van der Waals surface area contributed by atoms with Gasteiger partial charge in [0.25, 0.3) is 0 Å². The summed E-state index contributed by atoms with van der Waals surface area (Å²) in [4.78, 5) is 14.0. The van der Waals surface area contributed by atoms with Crippen molar-refractivity contribution >= 4 is 5.91 Å². The summed E-state index contributed by atoms with van der Waals surface area (Å²) in [6.45, 7) is 4.92. The van der Waals surface area contributed by atoms with E-state index in [1.807, 2.05) is 11.9 Å².